The Morgan fingerprint density at radius 3 is 2.57 bits per heavy atom. The molecule has 4 rings (SSSR count). The van der Waals surface area contributed by atoms with Crippen LogP contribution < -0.4 is 0 Å². The largest absolute Gasteiger partial charge is 0.306 e. The highest BCUT2D eigenvalue weighted by atomic mass is 32.2. The molecular weight excluding hydrogens is 430 g/mol. The molecule has 156 valence electrons. The predicted molar refractivity (Wildman–Crippen MR) is 128 cm³/mol. The molecule has 0 saturated heterocycles. The molecular formula is C22H25N5S3. The molecule has 8 heteroatoms. The zero-order valence-electron chi connectivity index (χ0n) is 17.4. The van der Waals surface area contributed by atoms with Crippen LogP contribution in [0.25, 0.3) is 10.2 Å². The van der Waals surface area contributed by atoms with Gasteiger partial charge in [0, 0.05) is 19.6 Å². The molecule has 2 aromatic carbocycles. The van der Waals surface area contributed by atoms with Crippen LogP contribution in [0.4, 0.5) is 0 Å². The van der Waals surface area contributed by atoms with Crippen molar-refractivity contribution in [3.8, 4) is 0 Å². The number of aromatic nitrogens is 4. The number of hydrogen-bond acceptors (Lipinski definition) is 6. The van der Waals surface area contributed by atoms with E-state index in [0.29, 0.717) is 12.7 Å². The molecule has 0 aliphatic carbocycles. The van der Waals surface area contributed by atoms with Crippen molar-refractivity contribution in [3.05, 3.63) is 70.8 Å². The molecule has 2 aromatic heterocycles. The molecule has 2 heterocycles. The lowest BCUT2D eigenvalue weighted by molar-refractivity contribution is 0.153. The predicted octanol–water partition coefficient (Wildman–Crippen LogP) is 5.72. The number of thioether (sulfide) groups is 1. The van der Waals surface area contributed by atoms with E-state index in [-0.39, 0.29) is 0 Å². The molecule has 0 unspecified atom stereocenters. The first kappa shape index (κ1) is 21.2. The van der Waals surface area contributed by atoms with E-state index in [0.717, 1.165) is 32.7 Å². The number of para-hydroxylation sites is 1. The first-order valence-electron chi connectivity index (χ1n) is 9.90. The topological polar surface area (TPSA) is 38.9 Å². The molecule has 0 atom stereocenters. The summed E-state index contributed by atoms with van der Waals surface area (Å²) < 4.78 is 6.97. The maximum Gasteiger partial charge on any atom is 0.198 e. The Labute approximate surface area is 190 Å². The summed E-state index contributed by atoms with van der Waals surface area (Å²) in [6, 6.07) is 19.2. The minimum Gasteiger partial charge on any atom is -0.306 e. The van der Waals surface area contributed by atoms with Crippen molar-refractivity contribution in [2.75, 3.05) is 0 Å². The highest BCUT2D eigenvalue weighted by Gasteiger charge is 2.15. The second-order valence-electron chi connectivity index (χ2n) is 7.46. The van der Waals surface area contributed by atoms with Crippen molar-refractivity contribution in [2.45, 2.75) is 43.2 Å². The number of hydrogen-bond donors (Lipinski definition) is 0. The van der Waals surface area contributed by atoms with E-state index in [1.807, 2.05) is 28.4 Å². The van der Waals surface area contributed by atoms with Crippen LogP contribution in [-0.4, -0.2) is 30.3 Å². The highest BCUT2D eigenvalue weighted by Crippen LogP contribution is 2.31. The number of rotatable bonds is 8. The van der Waals surface area contributed by atoms with Gasteiger partial charge in [-0.25, -0.2) is 9.67 Å². The fraction of sp³-hybridized carbons (Fsp3) is 0.318. The normalized spacial score (nSPS) is 11.8. The van der Waals surface area contributed by atoms with E-state index < -0.39 is 0 Å². The average Bonchev–Trinajstić information content (AvgIpc) is 3.28. The Morgan fingerprint density at radius 1 is 1.10 bits per heavy atom. The fourth-order valence-electron chi connectivity index (χ4n) is 3.18. The molecule has 0 saturated carbocycles. The van der Waals surface area contributed by atoms with Crippen molar-refractivity contribution >= 4 is 45.5 Å². The lowest BCUT2D eigenvalue weighted by Crippen LogP contribution is -2.33. The van der Waals surface area contributed by atoms with E-state index in [4.69, 9.17) is 22.3 Å². The van der Waals surface area contributed by atoms with Gasteiger partial charge in [0.2, 0.25) is 0 Å². The van der Waals surface area contributed by atoms with Crippen LogP contribution in [0.1, 0.15) is 25.2 Å². The molecule has 0 amide bonds. The molecule has 30 heavy (non-hydrogen) atoms. The maximum absolute atomic E-state index is 5.68. The Bertz CT molecular complexity index is 1140. The lowest BCUT2D eigenvalue weighted by Gasteiger charge is -2.26. The van der Waals surface area contributed by atoms with E-state index in [1.54, 1.807) is 23.1 Å². The van der Waals surface area contributed by atoms with Gasteiger partial charge in [-0.15, -0.1) is 11.3 Å². The van der Waals surface area contributed by atoms with Crippen molar-refractivity contribution < 1.29 is 0 Å². The monoisotopic (exact) mass is 455 g/mol. The van der Waals surface area contributed by atoms with Gasteiger partial charge >= 0.3 is 0 Å². The molecule has 0 bridgehead atoms. The molecule has 0 radical (unpaired) electrons. The molecule has 5 nitrogen and oxygen atoms in total. The Balaban J connectivity index is 1.48. The summed E-state index contributed by atoms with van der Waals surface area (Å²) in [5.74, 6) is 1.71. The van der Waals surface area contributed by atoms with Gasteiger partial charge in [0.05, 0.1) is 22.6 Å². The zero-order valence-corrected chi connectivity index (χ0v) is 19.8. The van der Waals surface area contributed by atoms with Crippen LogP contribution >= 0.6 is 35.3 Å². The van der Waals surface area contributed by atoms with Crippen LogP contribution in [0, 0.1) is 4.77 Å². The van der Waals surface area contributed by atoms with Gasteiger partial charge in [0.25, 0.3) is 0 Å². The van der Waals surface area contributed by atoms with Gasteiger partial charge in [-0.3, -0.25) is 4.90 Å². The third-order valence-corrected chi connectivity index (χ3v) is 7.66. The van der Waals surface area contributed by atoms with Crippen LogP contribution in [-0.2, 0) is 26.0 Å². The quantitative estimate of drug-likeness (QED) is 0.251. The van der Waals surface area contributed by atoms with E-state index in [9.17, 15) is 0 Å². The molecule has 0 fully saturated rings. The lowest BCUT2D eigenvalue weighted by atomic mass is 10.2. The van der Waals surface area contributed by atoms with Crippen LogP contribution in [0.15, 0.2) is 58.9 Å². The fourth-order valence-corrected chi connectivity index (χ4v) is 5.43. The summed E-state index contributed by atoms with van der Waals surface area (Å²) in [6.07, 6.45) is 0. The minimum absolute atomic E-state index is 0.384. The summed E-state index contributed by atoms with van der Waals surface area (Å²) in [7, 11) is 2.00. The first-order chi connectivity index (χ1) is 14.5. The number of thiazole rings is 1. The van der Waals surface area contributed by atoms with Crippen molar-refractivity contribution in [3.63, 3.8) is 0 Å². The SMILES string of the molecule is CC(C)N(Cc1ccccc1)Cn1nc(CSc2nc3ccccc3s2)n(C)c1=S. The third-order valence-electron chi connectivity index (χ3n) is 5.00. The van der Waals surface area contributed by atoms with Gasteiger partial charge in [-0.2, -0.15) is 5.10 Å². The van der Waals surface area contributed by atoms with Gasteiger partial charge < -0.3 is 4.57 Å². The number of nitrogens with zero attached hydrogens (tertiary/aromatic N) is 5. The van der Waals surface area contributed by atoms with Gasteiger partial charge in [-0.05, 0) is 43.8 Å². The van der Waals surface area contributed by atoms with Gasteiger partial charge in [-0.1, -0.05) is 54.2 Å². The Morgan fingerprint density at radius 2 is 1.83 bits per heavy atom. The van der Waals surface area contributed by atoms with E-state index >= 15 is 0 Å². The van der Waals surface area contributed by atoms with Crippen LogP contribution in [0.5, 0.6) is 0 Å². The smallest absolute Gasteiger partial charge is 0.198 e. The summed E-state index contributed by atoms with van der Waals surface area (Å²) >= 11 is 9.12. The third kappa shape index (κ3) is 4.83. The summed E-state index contributed by atoms with van der Waals surface area (Å²) in [5, 5.41) is 4.83. The second kappa shape index (κ2) is 9.43. The van der Waals surface area contributed by atoms with Crippen molar-refractivity contribution in [1.29, 1.82) is 0 Å². The molecule has 0 spiro atoms. The molecule has 4 aromatic rings. The van der Waals surface area contributed by atoms with Crippen molar-refractivity contribution in [1.82, 2.24) is 24.2 Å². The van der Waals surface area contributed by atoms with E-state index in [2.05, 4.69) is 61.2 Å². The van der Waals surface area contributed by atoms with Crippen LogP contribution in [0.2, 0.25) is 0 Å². The molecule has 0 aliphatic rings. The average molecular weight is 456 g/mol. The standard InChI is InChI=1S/C22H25N5S3/c1-16(2)26(13-17-9-5-4-6-10-17)15-27-22(28)25(3)20(24-27)14-29-21-23-18-11-7-8-12-19(18)30-21/h4-12,16H,13-15H2,1-3H3. The van der Waals surface area contributed by atoms with Crippen LogP contribution in [0.3, 0.4) is 0 Å². The van der Waals surface area contributed by atoms with E-state index in [1.165, 1.54) is 10.3 Å². The number of benzene rings is 2. The summed E-state index contributed by atoms with van der Waals surface area (Å²) in [4.78, 5) is 7.09. The zero-order chi connectivity index (χ0) is 21.1. The van der Waals surface area contributed by atoms with Gasteiger partial charge in [0.15, 0.2) is 9.11 Å². The maximum atomic E-state index is 5.68. The summed E-state index contributed by atoms with van der Waals surface area (Å²) in [6.45, 7) is 5.95. The first-order valence-corrected chi connectivity index (χ1v) is 12.1. The summed E-state index contributed by atoms with van der Waals surface area (Å²) in [5.41, 5.74) is 2.35. The Kier molecular flexibility index (Phi) is 6.67. The Hall–Kier alpha value is -2.00. The number of fused-ring (bicyclic) bond motifs is 1. The van der Waals surface area contributed by atoms with Crippen molar-refractivity contribution in [2.24, 2.45) is 7.05 Å². The molecule has 0 N–H and O–H groups in total. The second-order valence-corrected chi connectivity index (χ2v) is 10.1. The minimum atomic E-state index is 0.384. The molecule has 0 aliphatic heterocycles. The van der Waals surface area contributed by atoms with Gasteiger partial charge in [0.1, 0.15) is 5.82 Å². The highest BCUT2D eigenvalue weighted by molar-refractivity contribution is 8.00.